The molecule has 1 aromatic heterocycles. The monoisotopic (exact) mass is 198 g/mol. The highest BCUT2D eigenvalue weighted by Gasteiger charge is 2.17. The Morgan fingerprint density at radius 2 is 2.29 bits per heavy atom. The van der Waals surface area contributed by atoms with Crippen LogP contribution in [-0.4, -0.2) is 29.1 Å². The van der Waals surface area contributed by atoms with Gasteiger partial charge in [-0.25, -0.2) is 9.78 Å². The van der Waals surface area contributed by atoms with E-state index in [0.717, 1.165) is 0 Å². The Morgan fingerprint density at radius 3 is 2.79 bits per heavy atom. The van der Waals surface area contributed by atoms with Crippen LogP contribution in [0.2, 0.25) is 0 Å². The number of hydrogen-bond donors (Lipinski definition) is 1. The van der Waals surface area contributed by atoms with Crippen molar-refractivity contribution in [3.8, 4) is 0 Å². The molecule has 0 bridgehead atoms. The van der Waals surface area contributed by atoms with Gasteiger partial charge in [-0.05, 0) is 19.1 Å². The number of hydrogen-bond acceptors (Lipinski definition) is 3. The Bertz CT molecular complexity index is 343. The number of anilines is 1. The van der Waals surface area contributed by atoms with Crippen LogP contribution in [0, 0.1) is 5.95 Å². The Morgan fingerprint density at radius 1 is 1.64 bits per heavy atom. The molecule has 1 aromatic rings. The summed E-state index contributed by atoms with van der Waals surface area (Å²) in [6.07, 6.45) is 0. The first-order chi connectivity index (χ1) is 6.52. The fourth-order valence-electron chi connectivity index (χ4n) is 0.958. The minimum atomic E-state index is -0.974. The Hall–Kier alpha value is -1.65. The second-order valence-electron chi connectivity index (χ2n) is 2.94. The van der Waals surface area contributed by atoms with Gasteiger partial charge in [-0.1, -0.05) is 6.07 Å². The van der Waals surface area contributed by atoms with E-state index >= 15 is 0 Å². The smallest absolute Gasteiger partial charge is 0.326 e. The summed E-state index contributed by atoms with van der Waals surface area (Å²) in [6.45, 7) is 1.51. The lowest BCUT2D eigenvalue weighted by Gasteiger charge is -2.22. The molecule has 1 atom stereocenters. The summed E-state index contributed by atoms with van der Waals surface area (Å²) in [4.78, 5) is 15.6. The maximum atomic E-state index is 12.7. The molecule has 0 spiro atoms. The second kappa shape index (κ2) is 4.04. The van der Waals surface area contributed by atoms with Crippen LogP contribution in [0.15, 0.2) is 18.2 Å². The highest BCUT2D eigenvalue weighted by Crippen LogP contribution is 2.11. The van der Waals surface area contributed by atoms with E-state index in [1.807, 2.05) is 0 Å². The molecule has 1 heterocycles. The molecule has 0 radical (unpaired) electrons. The minimum Gasteiger partial charge on any atom is -0.480 e. The lowest BCUT2D eigenvalue weighted by Crippen LogP contribution is -2.36. The second-order valence-corrected chi connectivity index (χ2v) is 2.94. The summed E-state index contributed by atoms with van der Waals surface area (Å²) in [5.41, 5.74) is 0. The quantitative estimate of drug-likeness (QED) is 0.740. The van der Waals surface area contributed by atoms with E-state index in [-0.39, 0.29) is 0 Å². The zero-order chi connectivity index (χ0) is 10.7. The number of carboxylic acids is 1. The lowest BCUT2D eigenvalue weighted by atomic mass is 10.3. The van der Waals surface area contributed by atoms with Crippen molar-refractivity contribution in [1.82, 2.24) is 4.98 Å². The SMILES string of the molecule is CC(C(=O)O)N(C)c1cccc(F)n1. The Kier molecular flexibility index (Phi) is 3.01. The lowest BCUT2D eigenvalue weighted by molar-refractivity contribution is -0.138. The number of carboxylic acid groups (broad SMARTS) is 1. The van der Waals surface area contributed by atoms with Crippen molar-refractivity contribution in [2.75, 3.05) is 11.9 Å². The van der Waals surface area contributed by atoms with Gasteiger partial charge in [-0.3, -0.25) is 0 Å². The number of halogens is 1. The summed E-state index contributed by atoms with van der Waals surface area (Å²) < 4.78 is 12.7. The van der Waals surface area contributed by atoms with Crippen LogP contribution in [0.1, 0.15) is 6.92 Å². The first-order valence-corrected chi connectivity index (χ1v) is 4.10. The molecule has 0 fully saturated rings. The van der Waals surface area contributed by atoms with E-state index in [9.17, 15) is 9.18 Å². The van der Waals surface area contributed by atoms with Crippen molar-refractivity contribution >= 4 is 11.8 Å². The molecule has 0 saturated carbocycles. The molecule has 0 aromatic carbocycles. The summed E-state index contributed by atoms with van der Waals surface area (Å²) in [5, 5.41) is 8.72. The van der Waals surface area contributed by atoms with E-state index in [2.05, 4.69) is 4.98 Å². The molecule has 5 heteroatoms. The van der Waals surface area contributed by atoms with Crippen molar-refractivity contribution < 1.29 is 14.3 Å². The van der Waals surface area contributed by atoms with E-state index < -0.39 is 18.0 Å². The van der Waals surface area contributed by atoms with Crippen molar-refractivity contribution in [3.05, 3.63) is 24.1 Å². The number of carbonyl (C=O) groups is 1. The largest absolute Gasteiger partial charge is 0.480 e. The van der Waals surface area contributed by atoms with Crippen LogP contribution >= 0.6 is 0 Å². The number of aromatic nitrogens is 1. The average molecular weight is 198 g/mol. The number of rotatable bonds is 3. The number of aliphatic carboxylic acids is 1. The summed E-state index contributed by atoms with van der Waals surface area (Å²) in [5.74, 6) is -1.29. The Labute approximate surface area is 81.0 Å². The molecule has 4 nitrogen and oxygen atoms in total. The summed E-state index contributed by atoms with van der Waals surface area (Å²) >= 11 is 0. The minimum absolute atomic E-state index is 0.305. The molecule has 0 saturated heterocycles. The molecule has 14 heavy (non-hydrogen) atoms. The molecule has 0 aliphatic carbocycles. The number of pyridine rings is 1. The third-order valence-electron chi connectivity index (χ3n) is 2.00. The van der Waals surface area contributed by atoms with Gasteiger partial charge >= 0.3 is 5.97 Å². The molecule has 0 aliphatic heterocycles. The topological polar surface area (TPSA) is 53.4 Å². The molecule has 1 unspecified atom stereocenters. The van der Waals surface area contributed by atoms with E-state index in [1.54, 1.807) is 13.1 Å². The van der Waals surface area contributed by atoms with Crippen LogP contribution in [0.4, 0.5) is 10.2 Å². The maximum Gasteiger partial charge on any atom is 0.326 e. The van der Waals surface area contributed by atoms with Gasteiger partial charge in [0.2, 0.25) is 5.95 Å². The normalized spacial score (nSPS) is 12.2. The molecular formula is C9H11FN2O2. The molecule has 0 amide bonds. The highest BCUT2D eigenvalue weighted by atomic mass is 19.1. The van der Waals surface area contributed by atoms with Gasteiger partial charge in [-0.15, -0.1) is 0 Å². The summed E-state index contributed by atoms with van der Waals surface area (Å²) in [7, 11) is 1.56. The predicted molar refractivity (Wildman–Crippen MR) is 49.7 cm³/mol. The van der Waals surface area contributed by atoms with Crippen LogP contribution < -0.4 is 4.90 Å². The molecule has 1 rings (SSSR count). The molecule has 1 N–H and O–H groups in total. The molecule has 76 valence electrons. The van der Waals surface area contributed by atoms with Crippen LogP contribution in [0.25, 0.3) is 0 Å². The van der Waals surface area contributed by atoms with E-state index in [4.69, 9.17) is 5.11 Å². The number of likely N-dealkylation sites (N-methyl/N-ethyl adjacent to an activating group) is 1. The van der Waals surface area contributed by atoms with Gasteiger partial charge in [0.15, 0.2) is 0 Å². The van der Waals surface area contributed by atoms with Gasteiger partial charge in [0, 0.05) is 7.05 Å². The van der Waals surface area contributed by atoms with Crippen LogP contribution in [0.5, 0.6) is 0 Å². The van der Waals surface area contributed by atoms with Gasteiger partial charge in [0.25, 0.3) is 0 Å². The van der Waals surface area contributed by atoms with Crippen molar-refractivity contribution in [2.24, 2.45) is 0 Å². The fraction of sp³-hybridized carbons (Fsp3) is 0.333. The highest BCUT2D eigenvalue weighted by molar-refractivity contribution is 5.76. The van der Waals surface area contributed by atoms with Crippen molar-refractivity contribution in [3.63, 3.8) is 0 Å². The van der Waals surface area contributed by atoms with E-state index in [0.29, 0.717) is 5.82 Å². The predicted octanol–water partition coefficient (Wildman–Crippen LogP) is 1.13. The summed E-state index contributed by atoms with van der Waals surface area (Å²) in [6, 6.07) is 3.53. The maximum absolute atomic E-state index is 12.7. The molecular weight excluding hydrogens is 187 g/mol. The zero-order valence-electron chi connectivity index (χ0n) is 7.94. The van der Waals surface area contributed by atoms with Crippen molar-refractivity contribution in [2.45, 2.75) is 13.0 Å². The average Bonchev–Trinajstić information content (AvgIpc) is 2.15. The van der Waals surface area contributed by atoms with Gasteiger partial charge < -0.3 is 10.0 Å². The third kappa shape index (κ3) is 2.18. The first-order valence-electron chi connectivity index (χ1n) is 4.10. The number of nitrogens with zero attached hydrogens (tertiary/aromatic N) is 2. The first kappa shape index (κ1) is 10.4. The third-order valence-corrected chi connectivity index (χ3v) is 2.00. The fourth-order valence-corrected chi connectivity index (χ4v) is 0.958. The Balaban J connectivity index is 2.89. The van der Waals surface area contributed by atoms with E-state index in [1.165, 1.54) is 24.0 Å². The van der Waals surface area contributed by atoms with Crippen LogP contribution in [-0.2, 0) is 4.79 Å². The zero-order valence-corrected chi connectivity index (χ0v) is 7.94. The molecule has 0 aliphatic rings. The van der Waals surface area contributed by atoms with Crippen LogP contribution in [0.3, 0.4) is 0 Å². The van der Waals surface area contributed by atoms with Crippen molar-refractivity contribution in [1.29, 1.82) is 0 Å². The van der Waals surface area contributed by atoms with Gasteiger partial charge in [0.1, 0.15) is 11.9 Å². The van der Waals surface area contributed by atoms with Gasteiger partial charge in [-0.2, -0.15) is 4.39 Å². The standard InChI is InChI=1S/C9H11FN2O2/c1-6(9(13)14)12(2)8-5-3-4-7(10)11-8/h3-6H,1-2H3,(H,13,14). The van der Waals surface area contributed by atoms with Gasteiger partial charge in [0.05, 0.1) is 0 Å².